The second-order valence-electron chi connectivity index (χ2n) is 7.01. The van der Waals surface area contributed by atoms with Gasteiger partial charge in [-0.3, -0.25) is 9.59 Å². The lowest BCUT2D eigenvalue weighted by Crippen LogP contribution is -2.41. The van der Waals surface area contributed by atoms with Crippen molar-refractivity contribution in [3.8, 4) is 16.9 Å². The lowest BCUT2D eigenvalue weighted by Gasteiger charge is -2.32. The van der Waals surface area contributed by atoms with Gasteiger partial charge < -0.3 is 14.0 Å². The summed E-state index contributed by atoms with van der Waals surface area (Å²) in [7, 11) is -0.455. The van der Waals surface area contributed by atoms with Gasteiger partial charge in [0.15, 0.2) is 5.75 Å². The molecule has 0 unspecified atom stereocenters. The fourth-order valence-electron chi connectivity index (χ4n) is 2.70. The van der Waals surface area contributed by atoms with E-state index in [-0.39, 0.29) is 5.75 Å². The van der Waals surface area contributed by atoms with E-state index in [1.54, 1.807) is 19.1 Å². The van der Waals surface area contributed by atoms with Crippen molar-refractivity contribution < 1.29 is 14.0 Å². The molecule has 3 rings (SSSR count). The monoisotopic (exact) mass is 328 g/mol. The summed E-state index contributed by atoms with van der Waals surface area (Å²) in [6, 6.07) is 7.28. The van der Waals surface area contributed by atoms with Crippen molar-refractivity contribution in [2.24, 2.45) is 0 Å². The molecule has 2 aromatic carbocycles. The molecule has 1 aliphatic rings. The highest BCUT2D eigenvalue weighted by Gasteiger charge is 2.51. The van der Waals surface area contributed by atoms with Crippen LogP contribution < -0.4 is 21.1 Å². The molecule has 0 amide bonds. The first-order valence-electron chi connectivity index (χ1n) is 8.10. The maximum Gasteiger partial charge on any atom is 0.494 e. The summed E-state index contributed by atoms with van der Waals surface area (Å²) in [6.45, 7) is 10.1. The zero-order valence-corrected chi connectivity index (χ0v) is 14.6. The van der Waals surface area contributed by atoms with Crippen molar-refractivity contribution in [1.29, 1.82) is 0 Å². The van der Waals surface area contributed by atoms with Crippen LogP contribution in [0.5, 0.6) is 5.75 Å². The van der Waals surface area contributed by atoms with Crippen LogP contribution in [0.4, 0.5) is 0 Å². The third-order valence-corrected chi connectivity index (χ3v) is 4.88. The van der Waals surface area contributed by atoms with Crippen molar-refractivity contribution in [2.45, 2.75) is 45.8 Å². The highest BCUT2D eigenvalue weighted by Crippen LogP contribution is 2.36. The van der Waals surface area contributed by atoms with Crippen LogP contribution >= 0.6 is 0 Å². The number of hydrogen-bond acceptors (Lipinski definition) is 5. The van der Waals surface area contributed by atoms with Gasteiger partial charge in [-0.05, 0) is 45.6 Å². The summed E-state index contributed by atoms with van der Waals surface area (Å²) in [5, 5.41) is 0. The Morgan fingerprint density at radius 3 is 2.00 bits per heavy atom. The van der Waals surface area contributed by atoms with E-state index in [1.807, 2.05) is 39.8 Å². The average Bonchev–Trinajstić information content (AvgIpc) is 2.75. The number of benzene rings is 1. The minimum Gasteiger partial charge on any atom is -0.489 e. The highest BCUT2D eigenvalue weighted by molar-refractivity contribution is 6.62. The third kappa shape index (κ3) is 2.50. The minimum atomic E-state index is -0.554. The molecule has 2 aromatic rings. The maximum atomic E-state index is 11.8. The van der Waals surface area contributed by atoms with E-state index in [9.17, 15) is 9.59 Å². The molecule has 6 heteroatoms. The molecule has 24 heavy (non-hydrogen) atoms. The molecule has 0 aromatic heterocycles. The summed E-state index contributed by atoms with van der Waals surface area (Å²) in [5.74, 6) is 0.158. The molecule has 5 nitrogen and oxygen atoms in total. The van der Waals surface area contributed by atoms with Crippen LogP contribution in [0.2, 0.25) is 0 Å². The molecule has 1 heterocycles. The van der Waals surface area contributed by atoms with E-state index < -0.39 is 29.2 Å². The zero-order chi connectivity index (χ0) is 17.7. The Morgan fingerprint density at radius 1 is 0.958 bits per heavy atom. The van der Waals surface area contributed by atoms with Crippen LogP contribution in [0.1, 0.15) is 34.6 Å². The first-order valence-corrected chi connectivity index (χ1v) is 8.10. The van der Waals surface area contributed by atoms with E-state index in [2.05, 4.69) is 0 Å². The summed E-state index contributed by atoms with van der Waals surface area (Å²) in [5.41, 5.74) is 0.0257. The van der Waals surface area contributed by atoms with Crippen molar-refractivity contribution in [3.05, 3.63) is 44.7 Å². The number of rotatable bonds is 4. The van der Waals surface area contributed by atoms with Gasteiger partial charge in [-0.1, -0.05) is 24.3 Å². The predicted molar refractivity (Wildman–Crippen MR) is 93.7 cm³/mol. The van der Waals surface area contributed by atoms with Gasteiger partial charge >= 0.3 is 7.12 Å². The molecule has 1 fully saturated rings. The molecular weight excluding hydrogens is 307 g/mol. The number of hydrogen-bond donors (Lipinski definition) is 0. The van der Waals surface area contributed by atoms with Gasteiger partial charge in [-0.15, -0.1) is 0 Å². The standard InChI is InChI=1S/C18H21BO5/c1-6-22-16-13(14(20)15(16)21)11-7-9-12(10-8-11)19-23-17(2,3)18(4,5)24-19/h7-10H,6H2,1-5H3. The molecule has 126 valence electrons. The van der Waals surface area contributed by atoms with Crippen molar-refractivity contribution in [3.63, 3.8) is 0 Å². The smallest absolute Gasteiger partial charge is 0.489 e. The van der Waals surface area contributed by atoms with Crippen LogP contribution in [0.25, 0.3) is 11.1 Å². The van der Waals surface area contributed by atoms with Gasteiger partial charge in [-0.2, -0.15) is 0 Å². The maximum absolute atomic E-state index is 11.8. The fourth-order valence-corrected chi connectivity index (χ4v) is 2.70. The highest BCUT2D eigenvalue weighted by atomic mass is 16.7. The van der Waals surface area contributed by atoms with Crippen LogP contribution in [0.15, 0.2) is 33.9 Å². The second-order valence-corrected chi connectivity index (χ2v) is 7.01. The topological polar surface area (TPSA) is 61.8 Å². The summed E-state index contributed by atoms with van der Waals surface area (Å²) in [6.07, 6.45) is 0. The summed E-state index contributed by atoms with van der Waals surface area (Å²) >= 11 is 0. The number of ether oxygens (including phenoxy) is 1. The lowest BCUT2D eigenvalue weighted by molar-refractivity contribution is 0.00578. The minimum absolute atomic E-state index is 0.158. The molecule has 1 aliphatic heterocycles. The van der Waals surface area contributed by atoms with Gasteiger partial charge in [0.25, 0.3) is 5.43 Å². The Hall–Kier alpha value is -1.92. The first kappa shape index (κ1) is 16.9. The average molecular weight is 328 g/mol. The second kappa shape index (κ2) is 5.57. The van der Waals surface area contributed by atoms with E-state index in [1.165, 1.54) is 0 Å². The normalized spacial score (nSPS) is 19.0. The Balaban J connectivity index is 1.87. The molecule has 0 atom stereocenters. The fraction of sp³-hybridized carbons (Fsp3) is 0.444. The Kier molecular flexibility index (Phi) is 3.93. The Bertz CT molecular complexity index is 812. The zero-order valence-electron chi connectivity index (χ0n) is 14.6. The molecule has 0 spiro atoms. The van der Waals surface area contributed by atoms with Gasteiger partial charge in [0.1, 0.15) is 0 Å². The SMILES string of the molecule is CCOc1c(-c2ccc(B3OC(C)(C)C(C)(C)O3)cc2)c(=O)c1=O. The van der Waals surface area contributed by atoms with Crippen molar-refractivity contribution >= 4 is 12.6 Å². The van der Waals surface area contributed by atoms with Crippen LogP contribution in [0.3, 0.4) is 0 Å². The molecule has 1 saturated heterocycles. The van der Waals surface area contributed by atoms with E-state index in [0.717, 1.165) is 5.46 Å². The molecule has 0 N–H and O–H groups in total. The summed E-state index contributed by atoms with van der Waals surface area (Å²) < 4.78 is 17.3. The van der Waals surface area contributed by atoms with Crippen LogP contribution in [-0.2, 0) is 9.31 Å². The van der Waals surface area contributed by atoms with Gasteiger partial charge in [0, 0.05) is 0 Å². The molecule has 0 bridgehead atoms. The van der Waals surface area contributed by atoms with E-state index in [0.29, 0.717) is 17.7 Å². The molecule has 0 saturated carbocycles. The van der Waals surface area contributed by atoms with E-state index >= 15 is 0 Å². The Labute approximate surface area is 141 Å². The van der Waals surface area contributed by atoms with Gasteiger partial charge in [-0.25, -0.2) is 0 Å². The lowest BCUT2D eigenvalue weighted by atomic mass is 9.78. The van der Waals surface area contributed by atoms with Gasteiger partial charge in [0.05, 0.1) is 23.4 Å². The quantitative estimate of drug-likeness (QED) is 0.631. The van der Waals surface area contributed by atoms with Crippen LogP contribution in [-0.4, -0.2) is 24.9 Å². The van der Waals surface area contributed by atoms with Crippen molar-refractivity contribution in [1.82, 2.24) is 0 Å². The first-order chi connectivity index (χ1) is 11.2. The molecular formula is C18H21BO5. The largest absolute Gasteiger partial charge is 0.494 e. The molecule has 0 aliphatic carbocycles. The van der Waals surface area contributed by atoms with Crippen molar-refractivity contribution in [2.75, 3.05) is 6.61 Å². The van der Waals surface area contributed by atoms with Gasteiger partial charge in [0.2, 0.25) is 5.43 Å². The van der Waals surface area contributed by atoms with E-state index in [4.69, 9.17) is 14.0 Å². The third-order valence-electron chi connectivity index (χ3n) is 4.88. The predicted octanol–water partition coefficient (Wildman–Crippen LogP) is 1.65. The van der Waals surface area contributed by atoms with Crippen LogP contribution in [0, 0.1) is 0 Å². The summed E-state index contributed by atoms with van der Waals surface area (Å²) in [4.78, 5) is 23.4. The molecule has 0 radical (unpaired) electrons. The Morgan fingerprint density at radius 2 is 1.50 bits per heavy atom.